The number of amides is 3. The molecule has 11 heteroatoms. The van der Waals surface area contributed by atoms with Gasteiger partial charge in [0.15, 0.2) is 0 Å². The number of carbonyl (C=O) groups is 2. The van der Waals surface area contributed by atoms with E-state index in [0.717, 1.165) is 12.1 Å². The first-order valence-electron chi connectivity index (χ1n) is 9.78. The number of cyclic esters (lactones) is 1. The topological polar surface area (TPSA) is 80.3 Å². The van der Waals surface area contributed by atoms with Gasteiger partial charge in [0.25, 0.3) is 0 Å². The summed E-state index contributed by atoms with van der Waals surface area (Å²) >= 11 is 0. The molecule has 2 heterocycles. The van der Waals surface area contributed by atoms with Gasteiger partial charge in [0.05, 0.1) is 18.8 Å². The van der Waals surface area contributed by atoms with Crippen LogP contribution in [0.2, 0.25) is 0 Å². The van der Waals surface area contributed by atoms with Gasteiger partial charge in [-0.1, -0.05) is 0 Å². The number of hydrogen-bond donors (Lipinski definition) is 1. The standard InChI is InChI=1S/C21H20F3N3O5/c1-30-17-6-7-18-13(10-17)11-26(9-8-15-12-31-20(29)27(15)18)19(28)25-14-2-4-16(5-3-14)32-21(22,23)24/h2-7,10,15H,8-9,11-12H2,1H3,(H,25,28)/t15-/m0/s1. The summed E-state index contributed by atoms with van der Waals surface area (Å²) in [5.41, 5.74) is 1.67. The molecule has 3 amide bonds. The summed E-state index contributed by atoms with van der Waals surface area (Å²) in [7, 11) is 1.52. The molecule has 1 saturated heterocycles. The molecule has 0 radical (unpaired) electrons. The van der Waals surface area contributed by atoms with Crippen LogP contribution < -0.4 is 19.7 Å². The van der Waals surface area contributed by atoms with E-state index in [0.29, 0.717) is 35.7 Å². The van der Waals surface area contributed by atoms with Crippen LogP contribution in [0.1, 0.15) is 12.0 Å². The molecule has 4 rings (SSSR count). The molecule has 170 valence electrons. The molecule has 2 aromatic rings. The van der Waals surface area contributed by atoms with Crippen molar-refractivity contribution in [2.75, 3.05) is 30.5 Å². The number of benzene rings is 2. The third-order valence-corrected chi connectivity index (χ3v) is 5.23. The zero-order chi connectivity index (χ0) is 22.9. The number of fused-ring (bicyclic) bond motifs is 3. The van der Waals surface area contributed by atoms with Crippen molar-refractivity contribution in [3.63, 3.8) is 0 Å². The molecule has 2 aromatic carbocycles. The van der Waals surface area contributed by atoms with Crippen LogP contribution in [-0.2, 0) is 11.3 Å². The van der Waals surface area contributed by atoms with Crippen molar-refractivity contribution in [3.8, 4) is 11.5 Å². The molecule has 0 saturated carbocycles. The van der Waals surface area contributed by atoms with Crippen LogP contribution in [-0.4, -0.2) is 49.7 Å². The van der Waals surface area contributed by atoms with E-state index < -0.39 is 18.5 Å². The molecule has 0 aliphatic carbocycles. The van der Waals surface area contributed by atoms with Gasteiger partial charge >= 0.3 is 18.5 Å². The van der Waals surface area contributed by atoms with Crippen LogP contribution in [0.15, 0.2) is 42.5 Å². The Hall–Kier alpha value is -3.63. The number of nitrogens with one attached hydrogen (secondary N) is 1. The van der Waals surface area contributed by atoms with Gasteiger partial charge in [-0.25, -0.2) is 9.59 Å². The van der Waals surface area contributed by atoms with E-state index in [4.69, 9.17) is 9.47 Å². The average molecular weight is 451 g/mol. The van der Waals surface area contributed by atoms with Crippen molar-refractivity contribution in [2.45, 2.75) is 25.4 Å². The van der Waals surface area contributed by atoms with E-state index in [9.17, 15) is 22.8 Å². The van der Waals surface area contributed by atoms with Gasteiger partial charge in [-0.2, -0.15) is 0 Å². The van der Waals surface area contributed by atoms with Gasteiger partial charge in [0.1, 0.15) is 18.1 Å². The number of alkyl halides is 3. The number of carbonyl (C=O) groups excluding carboxylic acids is 2. The molecule has 1 atom stereocenters. The first-order valence-corrected chi connectivity index (χ1v) is 9.78. The van der Waals surface area contributed by atoms with Crippen molar-refractivity contribution >= 4 is 23.5 Å². The van der Waals surface area contributed by atoms with Crippen molar-refractivity contribution in [2.24, 2.45) is 0 Å². The van der Waals surface area contributed by atoms with Crippen LogP contribution in [0.25, 0.3) is 0 Å². The van der Waals surface area contributed by atoms with Crippen molar-refractivity contribution in [1.29, 1.82) is 0 Å². The third-order valence-electron chi connectivity index (χ3n) is 5.23. The molecule has 2 aliphatic rings. The highest BCUT2D eigenvalue weighted by Gasteiger charge is 2.38. The van der Waals surface area contributed by atoms with E-state index >= 15 is 0 Å². The predicted octanol–water partition coefficient (Wildman–Crippen LogP) is 4.36. The Morgan fingerprint density at radius 2 is 1.88 bits per heavy atom. The second-order valence-corrected chi connectivity index (χ2v) is 7.31. The number of nitrogens with zero attached hydrogens (tertiary/aromatic N) is 2. The zero-order valence-corrected chi connectivity index (χ0v) is 17.0. The fourth-order valence-electron chi connectivity index (χ4n) is 3.72. The molecule has 0 spiro atoms. The van der Waals surface area contributed by atoms with Crippen molar-refractivity contribution in [3.05, 3.63) is 48.0 Å². The zero-order valence-electron chi connectivity index (χ0n) is 17.0. The van der Waals surface area contributed by atoms with Crippen LogP contribution >= 0.6 is 0 Å². The molecular weight excluding hydrogens is 431 g/mol. The van der Waals surface area contributed by atoms with Gasteiger partial charge in [-0.05, 0) is 54.4 Å². The lowest BCUT2D eigenvalue weighted by atomic mass is 10.1. The summed E-state index contributed by atoms with van der Waals surface area (Å²) in [4.78, 5) is 28.4. The molecular formula is C21H20F3N3O5. The Labute approximate surface area is 181 Å². The summed E-state index contributed by atoms with van der Waals surface area (Å²) in [5.74, 6) is 0.197. The van der Waals surface area contributed by atoms with Gasteiger partial charge in [-0.15, -0.1) is 13.2 Å². The molecule has 8 nitrogen and oxygen atoms in total. The first-order chi connectivity index (χ1) is 15.2. The summed E-state index contributed by atoms with van der Waals surface area (Å²) in [6, 6.07) is 9.49. The number of halogens is 3. The highest BCUT2D eigenvalue weighted by molar-refractivity contribution is 5.92. The number of anilines is 2. The third kappa shape index (κ3) is 4.66. The fourth-order valence-corrected chi connectivity index (χ4v) is 3.72. The fraction of sp³-hybridized carbons (Fsp3) is 0.333. The smallest absolute Gasteiger partial charge is 0.497 e. The second kappa shape index (κ2) is 8.48. The maximum atomic E-state index is 12.9. The van der Waals surface area contributed by atoms with Gasteiger partial charge in [0.2, 0.25) is 0 Å². The van der Waals surface area contributed by atoms with E-state index in [2.05, 4.69) is 10.1 Å². The van der Waals surface area contributed by atoms with E-state index in [1.165, 1.54) is 19.2 Å². The lowest BCUT2D eigenvalue weighted by Crippen LogP contribution is -2.43. The summed E-state index contributed by atoms with van der Waals surface area (Å²) < 4.78 is 51.3. The lowest BCUT2D eigenvalue weighted by Gasteiger charge is -2.32. The largest absolute Gasteiger partial charge is 0.573 e. The molecule has 1 N–H and O–H groups in total. The van der Waals surface area contributed by atoms with Gasteiger partial charge < -0.3 is 24.4 Å². The number of ether oxygens (including phenoxy) is 3. The SMILES string of the molecule is COc1ccc2c(c1)CN(C(=O)Nc1ccc(OC(F)(F)F)cc1)CC[C@H]1COC(=O)N21. The number of hydrogen-bond acceptors (Lipinski definition) is 5. The van der Waals surface area contributed by atoms with Crippen molar-refractivity contribution < 1.29 is 37.0 Å². The molecule has 2 aliphatic heterocycles. The maximum absolute atomic E-state index is 12.9. The van der Waals surface area contributed by atoms with E-state index in [1.54, 1.807) is 28.0 Å². The van der Waals surface area contributed by atoms with E-state index in [1.807, 2.05) is 0 Å². The normalized spacial score (nSPS) is 18.1. The Morgan fingerprint density at radius 1 is 1.16 bits per heavy atom. The predicted molar refractivity (Wildman–Crippen MR) is 108 cm³/mol. The molecule has 32 heavy (non-hydrogen) atoms. The Kier molecular flexibility index (Phi) is 5.72. The molecule has 0 aromatic heterocycles. The average Bonchev–Trinajstić information content (AvgIpc) is 3.09. The quantitative estimate of drug-likeness (QED) is 0.750. The Morgan fingerprint density at radius 3 is 2.56 bits per heavy atom. The highest BCUT2D eigenvalue weighted by Crippen LogP contribution is 2.34. The summed E-state index contributed by atoms with van der Waals surface area (Å²) in [6.07, 6.45) is -4.72. The Bertz CT molecular complexity index is 1010. The van der Waals surface area contributed by atoms with Crippen LogP contribution in [0.5, 0.6) is 11.5 Å². The monoisotopic (exact) mass is 451 g/mol. The molecule has 0 unspecified atom stereocenters. The number of urea groups is 1. The Balaban J connectivity index is 1.53. The minimum Gasteiger partial charge on any atom is -0.497 e. The molecule has 0 bridgehead atoms. The van der Waals surface area contributed by atoms with Crippen LogP contribution in [0.3, 0.4) is 0 Å². The minimum atomic E-state index is -4.79. The lowest BCUT2D eigenvalue weighted by molar-refractivity contribution is -0.274. The highest BCUT2D eigenvalue weighted by atomic mass is 19.4. The minimum absolute atomic E-state index is 0.199. The molecule has 1 fully saturated rings. The van der Waals surface area contributed by atoms with E-state index in [-0.39, 0.29) is 24.9 Å². The maximum Gasteiger partial charge on any atom is 0.573 e. The summed E-state index contributed by atoms with van der Waals surface area (Å²) in [6.45, 7) is 0.764. The second-order valence-electron chi connectivity index (χ2n) is 7.31. The number of rotatable bonds is 3. The first kappa shape index (κ1) is 21.6. The van der Waals surface area contributed by atoms with Crippen molar-refractivity contribution in [1.82, 2.24) is 4.90 Å². The van der Waals surface area contributed by atoms with Gasteiger partial charge in [-0.3, -0.25) is 4.90 Å². The van der Waals surface area contributed by atoms with Crippen LogP contribution in [0.4, 0.5) is 34.1 Å². The van der Waals surface area contributed by atoms with Gasteiger partial charge in [0, 0.05) is 18.8 Å². The summed E-state index contributed by atoms with van der Waals surface area (Å²) in [5, 5.41) is 2.68. The van der Waals surface area contributed by atoms with Crippen LogP contribution in [0, 0.1) is 0 Å². The number of methoxy groups -OCH3 is 1.